The Morgan fingerprint density at radius 3 is 2.53 bits per heavy atom. The summed E-state index contributed by atoms with van der Waals surface area (Å²) >= 11 is 0. The molecule has 0 atom stereocenters. The van der Waals surface area contributed by atoms with Crippen molar-refractivity contribution in [3.8, 4) is 0 Å². The highest BCUT2D eigenvalue weighted by molar-refractivity contribution is 6.06. The number of amides is 2. The Morgan fingerprint density at radius 1 is 1.00 bits per heavy atom. The Hall–Kier alpha value is -4.50. The molecule has 0 saturated carbocycles. The number of anilines is 1. The normalized spacial score (nSPS) is 13.1. The fourth-order valence-corrected chi connectivity index (χ4v) is 4.51. The zero-order chi connectivity index (χ0) is 26.5. The highest BCUT2D eigenvalue weighted by atomic mass is 16.5. The topological polar surface area (TPSA) is 112 Å². The van der Waals surface area contributed by atoms with Gasteiger partial charge in [0.25, 0.3) is 5.91 Å². The van der Waals surface area contributed by atoms with Crippen LogP contribution in [0.1, 0.15) is 40.7 Å². The summed E-state index contributed by atoms with van der Waals surface area (Å²) in [5.74, 6) is 0.830. The van der Waals surface area contributed by atoms with Crippen LogP contribution in [0, 0.1) is 5.41 Å². The Balaban J connectivity index is 1.22. The van der Waals surface area contributed by atoms with Gasteiger partial charge in [-0.15, -0.1) is 0 Å². The van der Waals surface area contributed by atoms with Gasteiger partial charge >= 0.3 is 6.09 Å². The smallest absolute Gasteiger partial charge is 0.412 e. The molecule has 1 aliphatic rings. The molecule has 0 spiro atoms. The molecule has 9 heteroatoms. The minimum Gasteiger partial charge on any atom is -0.449 e. The number of hydrogen-bond acceptors (Lipinski definition) is 6. The van der Waals surface area contributed by atoms with Crippen molar-refractivity contribution in [2.75, 3.05) is 18.5 Å². The maximum absolute atomic E-state index is 12.7. The molecule has 38 heavy (non-hydrogen) atoms. The van der Waals surface area contributed by atoms with E-state index in [0.717, 1.165) is 54.2 Å². The number of imidazole rings is 1. The van der Waals surface area contributed by atoms with E-state index in [4.69, 9.17) is 15.1 Å². The monoisotopic (exact) mass is 510 g/mol. The number of amidine groups is 1. The average Bonchev–Trinajstić information content (AvgIpc) is 3.29. The van der Waals surface area contributed by atoms with Crippen molar-refractivity contribution in [3.05, 3.63) is 95.3 Å². The van der Waals surface area contributed by atoms with Gasteiger partial charge in [0, 0.05) is 36.4 Å². The summed E-state index contributed by atoms with van der Waals surface area (Å²) in [7, 11) is 0. The SMILES string of the molecule is CCCOC(=O)NC(=N)c1ccc(CN2CCn3c(nc4cc(C(=O)Nc5ccccc5)ccc43)C2)cc1. The van der Waals surface area contributed by atoms with E-state index in [1.54, 1.807) is 0 Å². The van der Waals surface area contributed by atoms with E-state index in [1.165, 1.54) is 0 Å². The van der Waals surface area contributed by atoms with E-state index >= 15 is 0 Å². The number of para-hydroxylation sites is 1. The number of rotatable bonds is 7. The first-order valence-electron chi connectivity index (χ1n) is 12.7. The molecule has 1 aromatic heterocycles. The van der Waals surface area contributed by atoms with Gasteiger partial charge in [0.15, 0.2) is 0 Å². The van der Waals surface area contributed by atoms with Crippen molar-refractivity contribution in [1.82, 2.24) is 19.8 Å². The van der Waals surface area contributed by atoms with E-state index in [0.29, 0.717) is 24.3 Å². The molecular formula is C29H30N6O3. The van der Waals surface area contributed by atoms with E-state index in [2.05, 4.69) is 20.1 Å². The number of benzene rings is 3. The first-order chi connectivity index (χ1) is 18.5. The van der Waals surface area contributed by atoms with E-state index in [-0.39, 0.29) is 11.7 Å². The van der Waals surface area contributed by atoms with Gasteiger partial charge in [-0.25, -0.2) is 9.78 Å². The lowest BCUT2D eigenvalue weighted by Gasteiger charge is -2.28. The maximum Gasteiger partial charge on any atom is 0.412 e. The zero-order valence-electron chi connectivity index (χ0n) is 21.2. The van der Waals surface area contributed by atoms with E-state index in [9.17, 15) is 9.59 Å². The third-order valence-corrected chi connectivity index (χ3v) is 6.44. The molecule has 3 aromatic carbocycles. The number of carbonyl (C=O) groups is 2. The Morgan fingerprint density at radius 2 is 1.76 bits per heavy atom. The van der Waals surface area contributed by atoms with Crippen molar-refractivity contribution < 1.29 is 14.3 Å². The van der Waals surface area contributed by atoms with Crippen LogP contribution in [0.5, 0.6) is 0 Å². The maximum atomic E-state index is 12.7. The first-order valence-corrected chi connectivity index (χ1v) is 12.7. The number of nitrogens with one attached hydrogen (secondary N) is 3. The second-order valence-corrected chi connectivity index (χ2v) is 9.25. The van der Waals surface area contributed by atoms with Crippen LogP contribution in [0.2, 0.25) is 0 Å². The molecule has 2 heterocycles. The molecule has 5 rings (SSSR count). The minimum atomic E-state index is -0.610. The molecule has 3 N–H and O–H groups in total. The Labute approximate surface area is 220 Å². The van der Waals surface area contributed by atoms with Gasteiger partial charge in [-0.3, -0.25) is 20.4 Å². The molecule has 0 bridgehead atoms. The standard InChI is InChI=1S/C29H30N6O3/c1-2-16-38-29(37)33-27(30)21-10-8-20(9-11-21)18-34-14-15-35-25-13-12-22(17-24(25)32-26(35)19-34)28(36)31-23-6-4-3-5-7-23/h3-13,17H,2,14-16,18-19H2,1H3,(H,31,36)(H2,30,33,37). The van der Waals surface area contributed by atoms with Gasteiger partial charge in [-0.05, 0) is 42.3 Å². The number of hydrogen-bond donors (Lipinski definition) is 3. The molecule has 0 radical (unpaired) electrons. The van der Waals surface area contributed by atoms with Crippen LogP contribution in [0.25, 0.3) is 11.0 Å². The van der Waals surface area contributed by atoms with Gasteiger partial charge in [0.2, 0.25) is 0 Å². The minimum absolute atomic E-state index is 0.0150. The highest BCUT2D eigenvalue weighted by Crippen LogP contribution is 2.23. The summed E-state index contributed by atoms with van der Waals surface area (Å²) in [5.41, 5.74) is 4.91. The zero-order valence-corrected chi connectivity index (χ0v) is 21.2. The fourth-order valence-electron chi connectivity index (χ4n) is 4.51. The lowest BCUT2D eigenvalue weighted by Crippen LogP contribution is -2.33. The van der Waals surface area contributed by atoms with Crippen molar-refractivity contribution in [3.63, 3.8) is 0 Å². The number of ether oxygens (including phenoxy) is 1. The third kappa shape index (κ3) is 5.73. The van der Waals surface area contributed by atoms with Crippen molar-refractivity contribution in [2.45, 2.75) is 33.0 Å². The number of nitrogens with zero attached hydrogens (tertiary/aromatic N) is 3. The number of alkyl carbamates (subject to hydrolysis) is 1. The first kappa shape index (κ1) is 25.2. The molecule has 1 aliphatic heterocycles. The summed E-state index contributed by atoms with van der Waals surface area (Å²) < 4.78 is 7.20. The summed E-state index contributed by atoms with van der Waals surface area (Å²) in [4.78, 5) is 31.6. The molecular weight excluding hydrogens is 480 g/mol. The second-order valence-electron chi connectivity index (χ2n) is 9.25. The number of fused-ring (bicyclic) bond motifs is 3. The van der Waals surface area contributed by atoms with Crippen LogP contribution >= 0.6 is 0 Å². The molecule has 4 aromatic rings. The number of aromatic nitrogens is 2. The molecule has 9 nitrogen and oxygen atoms in total. The molecule has 194 valence electrons. The molecule has 0 fully saturated rings. The second kappa shape index (κ2) is 11.3. The summed E-state index contributed by atoms with van der Waals surface area (Å²) in [6.45, 7) is 5.37. The quantitative estimate of drug-likeness (QED) is 0.245. The molecule has 0 saturated heterocycles. The highest BCUT2D eigenvalue weighted by Gasteiger charge is 2.21. The van der Waals surface area contributed by atoms with Gasteiger partial charge in [-0.1, -0.05) is 49.4 Å². The predicted octanol–water partition coefficient (Wildman–Crippen LogP) is 4.77. The van der Waals surface area contributed by atoms with Gasteiger partial charge in [-0.2, -0.15) is 0 Å². The van der Waals surface area contributed by atoms with Gasteiger partial charge in [0.1, 0.15) is 11.7 Å². The molecule has 0 aliphatic carbocycles. The van der Waals surface area contributed by atoms with Crippen LogP contribution in [-0.2, 0) is 24.4 Å². The third-order valence-electron chi connectivity index (χ3n) is 6.44. The van der Waals surface area contributed by atoms with Crippen LogP contribution in [-0.4, -0.2) is 45.4 Å². The van der Waals surface area contributed by atoms with Crippen molar-refractivity contribution >= 4 is 34.6 Å². The van der Waals surface area contributed by atoms with Gasteiger partial charge in [0.05, 0.1) is 24.2 Å². The lowest BCUT2D eigenvalue weighted by molar-refractivity contribution is 0.102. The van der Waals surface area contributed by atoms with Crippen molar-refractivity contribution in [1.29, 1.82) is 5.41 Å². The molecule has 2 amide bonds. The van der Waals surface area contributed by atoms with Crippen LogP contribution in [0.3, 0.4) is 0 Å². The Kier molecular flexibility index (Phi) is 7.46. The summed E-state index contributed by atoms with van der Waals surface area (Å²) in [6, 6.07) is 22.7. The van der Waals surface area contributed by atoms with Crippen LogP contribution < -0.4 is 10.6 Å². The van der Waals surface area contributed by atoms with E-state index in [1.807, 2.05) is 79.7 Å². The summed E-state index contributed by atoms with van der Waals surface area (Å²) in [5, 5.41) is 13.5. The van der Waals surface area contributed by atoms with Gasteiger partial charge < -0.3 is 14.6 Å². The largest absolute Gasteiger partial charge is 0.449 e. The predicted molar refractivity (Wildman–Crippen MR) is 146 cm³/mol. The van der Waals surface area contributed by atoms with Crippen LogP contribution in [0.15, 0.2) is 72.8 Å². The fraction of sp³-hybridized carbons (Fsp3) is 0.241. The van der Waals surface area contributed by atoms with E-state index < -0.39 is 6.09 Å². The molecule has 0 unspecified atom stereocenters. The van der Waals surface area contributed by atoms with Crippen LogP contribution in [0.4, 0.5) is 10.5 Å². The lowest BCUT2D eigenvalue weighted by atomic mass is 10.1. The summed E-state index contributed by atoms with van der Waals surface area (Å²) in [6.07, 6.45) is 0.121. The Bertz CT molecular complexity index is 1460. The number of carbonyl (C=O) groups excluding carboxylic acids is 2. The van der Waals surface area contributed by atoms with Crippen molar-refractivity contribution in [2.24, 2.45) is 0 Å². The average molecular weight is 511 g/mol.